The van der Waals surface area contributed by atoms with E-state index in [1.54, 1.807) is 25.1 Å². The van der Waals surface area contributed by atoms with Gasteiger partial charge in [-0.2, -0.15) is 0 Å². The van der Waals surface area contributed by atoms with E-state index < -0.39 is 18.1 Å². The molecule has 0 radical (unpaired) electrons. The Morgan fingerprint density at radius 3 is 2.89 bits per heavy atom. The number of carboxylic acids is 1. The van der Waals surface area contributed by atoms with Crippen LogP contribution in [0.4, 0.5) is 0 Å². The van der Waals surface area contributed by atoms with Crippen LogP contribution in [0.25, 0.3) is 11.1 Å². The molecule has 1 heterocycles. The smallest absolute Gasteiger partial charge is 0.304 e. The average molecular weight is 249 g/mol. The van der Waals surface area contributed by atoms with E-state index in [0.29, 0.717) is 11.5 Å². The van der Waals surface area contributed by atoms with Crippen molar-refractivity contribution in [2.24, 2.45) is 11.5 Å². The molecule has 6 nitrogen and oxygen atoms in total. The standard InChI is InChI=1S/C12H15N3O3/c1-6-15-9-3-2-7(4-10(9)18-6)12(14)8(13)5-11(16)17/h2-4,8,12H,5,13-14H2,1H3,(H,16,17). The van der Waals surface area contributed by atoms with Crippen molar-refractivity contribution in [3.63, 3.8) is 0 Å². The second-order valence-corrected chi connectivity index (χ2v) is 4.25. The number of aromatic nitrogens is 1. The maximum atomic E-state index is 10.6. The van der Waals surface area contributed by atoms with E-state index >= 15 is 0 Å². The van der Waals surface area contributed by atoms with E-state index in [0.717, 1.165) is 11.1 Å². The van der Waals surface area contributed by atoms with Gasteiger partial charge in [-0.05, 0) is 17.7 Å². The number of carboxylic acid groups (broad SMARTS) is 1. The summed E-state index contributed by atoms with van der Waals surface area (Å²) in [5, 5.41) is 8.69. The molecule has 0 aliphatic carbocycles. The molecule has 96 valence electrons. The number of aryl methyl sites for hydroxylation is 1. The van der Waals surface area contributed by atoms with E-state index in [9.17, 15) is 4.79 Å². The van der Waals surface area contributed by atoms with Crippen LogP contribution in [-0.4, -0.2) is 22.1 Å². The summed E-state index contributed by atoms with van der Waals surface area (Å²) in [5.74, 6) is -0.389. The molecule has 0 spiro atoms. The lowest BCUT2D eigenvalue weighted by atomic mass is 9.98. The van der Waals surface area contributed by atoms with Crippen LogP contribution >= 0.6 is 0 Å². The quantitative estimate of drug-likeness (QED) is 0.742. The van der Waals surface area contributed by atoms with Gasteiger partial charge in [-0.3, -0.25) is 4.79 Å². The topological polar surface area (TPSA) is 115 Å². The first-order chi connectivity index (χ1) is 8.47. The van der Waals surface area contributed by atoms with Crippen LogP contribution in [0.3, 0.4) is 0 Å². The van der Waals surface area contributed by atoms with Crippen LogP contribution in [0, 0.1) is 6.92 Å². The minimum atomic E-state index is -0.963. The minimum absolute atomic E-state index is 0.172. The molecule has 0 saturated carbocycles. The van der Waals surface area contributed by atoms with Gasteiger partial charge in [0, 0.05) is 19.0 Å². The predicted molar refractivity (Wildman–Crippen MR) is 65.9 cm³/mol. The second kappa shape index (κ2) is 4.75. The van der Waals surface area contributed by atoms with E-state index in [2.05, 4.69) is 4.98 Å². The maximum absolute atomic E-state index is 10.6. The third-order valence-electron chi connectivity index (χ3n) is 2.78. The molecule has 0 amide bonds. The largest absolute Gasteiger partial charge is 0.481 e. The lowest BCUT2D eigenvalue weighted by molar-refractivity contribution is -0.137. The van der Waals surface area contributed by atoms with Gasteiger partial charge < -0.3 is 21.0 Å². The number of hydrogen-bond acceptors (Lipinski definition) is 5. The zero-order valence-corrected chi connectivity index (χ0v) is 9.96. The fourth-order valence-electron chi connectivity index (χ4n) is 1.84. The highest BCUT2D eigenvalue weighted by atomic mass is 16.4. The van der Waals surface area contributed by atoms with Crippen molar-refractivity contribution >= 4 is 17.1 Å². The first kappa shape index (κ1) is 12.5. The summed E-state index contributed by atoms with van der Waals surface area (Å²) in [5.41, 5.74) is 13.8. The van der Waals surface area contributed by atoms with Gasteiger partial charge in [-0.25, -0.2) is 4.98 Å². The molecule has 2 unspecified atom stereocenters. The minimum Gasteiger partial charge on any atom is -0.481 e. The summed E-state index contributed by atoms with van der Waals surface area (Å²) >= 11 is 0. The van der Waals surface area contributed by atoms with Gasteiger partial charge in [-0.15, -0.1) is 0 Å². The predicted octanol–water partition coefficient (Wildman–Crippen LogP) is 0.938. The van der Waals surface area contributed by atoms with E-state index in [1.165, 1.54) is 0 Å². The Bertz CT molecular complexity index is 579. The molecule has 0 bridgehead atoms. The lowest BCUT2D eigenvalue weighted by Gasteiger charge is -2.18. The number of fused-ring (bicyclic) bond motifs is 1. The molecule has 0 aliphatic rings. The van der Waals surface area contributed by atoms with Crippen LogP contribution in [0.1, 0.15) is 23.9 Å². The number of oxazole rings is 1. The SMILES string of the molecule is Cc1nc2ccc(C(N)C(N)CC(=O)O)cc2o1. The number of rotatable bonds is 4. The van der Waals surface area contributed by atoms with Gasteiger partial charge in [-0.1, -0.05) is 6.07 Å². The highest BCUT2D eigenvalue weighted by Gasteiger charge is 2.19. The Kier molecular flexibility index (Phi) is 3.31. The number of carbonyl (C=O) groups is 1. The van der Waals surface area contributed by atoms with Gasteiger partial charge in [0.25, 0.3) is 0 Å². The van der Waals surface area contributed by atoms with Crippen molar-refractivity contribution in [3.8, 4) is 0 Å². The molecule has 0 fully saturated rings. The van der Waals surface area contributed by atoms with Crippen LogP contribution in [-0.2, 0) is 4.79 Å². The van der Waals surface area contributed by atoms with Gasteiger partial charge >= 0.3 is 5.97 Å². The van der Waals surface area contributed by atoms with Crippen molar-refractivity contribution in [2.45, 2.75) is 25.4 Å². The van der Waals surface area contributed by atoms with Gasteiger partial charge in [0.2, 0.25) is 0 Å². The fraction of sp³-hybridized carbons (Fsp3) is 0.333. The lowest BCUT2D eigenvalue weighted by Crippen LogP contribution is -2.35. The molecular formula is C12H15N3O3. The van der Waals surface area contributed by atoms with Crippen molar-refractivity contribution in [1.29, 1.82) is 0 Å². The molecule has 2 aromatic rings. The van der Waals surface area contributed by atoms with Crippen LogP contribution in [0.2, 0.25) is 0 Å². The molecule has 0 aliphatic heterocycles. The summed E-state index contributed by atoms with van der Waals surface area (Å²) in [6, 6.07) is 4.15. The van der Waals surface area contributed by atoms with Gasteiger partial charge in [0.1, 0.15) is 5.52 Å². The third kappa shape index (κ3) is 2.49. The highest BCUT2D eigenvalue weighted by Crippen LogP contribution is 2.22. The number of hydrogen-bond donors (Lipinski definition) is 3. The zero-order valence-electron chi connectivity index (χ0n) is 9.96. The first-order valence-corrected chi connectivity index (χ1v) is 5.57. The summed E-state index contributed by atoms with van der Waals surface area (Å²) in [6.45, 7) is 1.76. The molecule has 2 rings (SSSR count). The molecule has 2 atom stereocenters. The summed E-state index contributed by atoms with van der Waals surface area (Å²) in [4.78, 5) is 14.8. The molecule has 18 heavy (non-hydrogen) atoms. The summed E-state index contributed by atoms with van der Waals surface area (Å²) < 4.78 is 5.40. The Hall–Kier alpha value is -1.92. The molecular weight excluding hydrogens is 234 g/mol. The Morgan fingerprint density at radius 2 is 2.22 bits per heavy atom. The average Bonchev–Trinajstić information content (AvgIpc) is 2.65. The van der Waals surface area contributed by atoms with Crippen LogP contribution in [0.15, 0.2) is 22.6 Å². The number of benzene rings is 1. The Balaban J connectivity index is 2.26. The van der Waals surface area contributed by atoms with Crippen molar-refractivity contribution in [2.75, 3.05) is 0 Å². The first-order valence-electron chi connectivity index (χ1n) is 5.57. The van der Waals surface area contributed by atoms with Crippen molar-refractivity contribution in [1.82, 2.24) is 4.98 Å². The highest BCUT2D eigenvalue weighted by molar-refractivity contribution is 5.73. The Labute approximate surface area is 104 Å². The van der Waals surface area contributed by atoms with Crippen molar-refractivity contribution in [3.05, 3.63) is 29.7 Å². The summed E-state index contributed by atoms with van der Waals surface area (Å²) in [6.07, 6.45) is -0.172. The normalized spacial score (nSPS) is 14.6. The molecule has 6 heteroatoms. The van der Waals surface area contributed by atoms with Crippen molar-refractivity contribution < 1.29 is 14.3 Å². The van der Waals surface area contributed by atoms with Crippen LogP contribution < -0.4 is 11.5 Å². The molecule has 5 N–H and O–H groups in total. The maximum Gasteiger partial charge on any atom is 0.304 e. The molecule has 1 aromatic heterocycles. The number of nitrogens with two attached hydrogens (primary N) is 2. The van der Waals surface area contributed by atoms with E-state index in [-0.39, 0.29) is 6.42 Å². The summed E-state index contributed by atoms with van der Waals surface area (Å²) in [7, 11) is 0. The van der Waals surface area contributed by atoms with E-state index in [4.69, 9.17) is 21.0 Å². The molecule has 1 aromatic carbocycles. The van der Waals surface area contributed by atoms with Crippen LogP contribution in [0.5, 0.6) is 0 Å². The second-order valence-electron chi connectivity index (χ2n) is 4.25. The number of aliphatic carboxylic acids is 1. The van der Waals surface area contributed by atoms with Gasteiger partial charge in [0.15, 0.2) is 11.5 Å². The van der Waals surface area contributed by atoms with E-state index in [1.807, 2.05) is 0 Å². The Morgan fingerprint density at radius 1 is 1.50 bits per heavy atom. The van der Waals surface area contributed by atoms with Gasteiger partial charge in [0.05, 0.1) is 6.42 Å². The monoisotopic (exact) mass is 249 g/mol. The fourth-order valence-corrected chi connectivity index (χ4v) is 1.84. The molecule has 0 saturated heterocycles. The zero-order chi connectivity index (χ0) is 13.3. The third-order valence-corrected chi connectivity index (χ3v) is 2.78. The number of nitrogens with zero attached hydrogens (tertiary/aromatic N) is 1.